The van der Waals surface area contributed by atoms with Crippen LogP contribution in [-0.4, -0.2) is 77.1 Å². The van der Waals surface area contributed by atoms with Gasteiger partial charge in [0.1, 0.15) is 30.3 Å². The van der Waals surface area contributed by atoms with Crippen molar-refractivity contribution < 1.29 is 23.5 Å². The molecule has 3 N–H and O–H groups in total. The lowest BCUT2D eigenvalue weighted by Crippen LogP contribution is -2.52. The van der Waals surface area contributed by atoms with Crippen molar-refractivity contribution in [2.45, 2.75) is 18.9 Å². The van der Waals surface area contributed by atoms with E-state index in [1.54, 1.807) is 23.1 Å². The number of carbonyl (C=O) groups excluding carboxylic acids is 2. The zero-order chi connectivity index (χ0) is 25.9. The Morgan fingerprint density at radius 2 is 2.03 bits per heavy atom. The van der Waals surface area contributed by atoms with Gasteiger partial charge in [-0.2, -0.15) is 0 Å². The number of hydrogen-bond acceptors (Lipinski definition) is 9. The van der Waals surface area contributed by atoms with Crippen molar-refractivity contribution in [3.63, 3.8) is 0 Å². The van der Waals surface area contributed by atoms with Gasteiger partial charge in [-0.15, -0.1) is 0 Å². The number of benzene rings is 2. The molecule has 3 heterocycles. The summed E-state index contributed by atoms with van der Waals surface area (Å²) in [6.45, 7) is 3.65. The molecule has 5 rings (SSSR count). The van der Waals surface area contributed by atoms with Gasteiger partial charge in [0, 0.05) is 62.7 Å². The molecule has 3 aromatic rings. The quantitative estimate of drug-likeness (QED) is 0.352. The number of fused-ring (bicyclic) bond motifs is 1. The van der Waals surface area contributed by atoms with Gasteiger partial charge < -0.3 is 25.4 Å². The predicted molar refractivity (Wildman–Crippen MR) is 136 cm³/mol. The fourth-order valence-corrected chi connectivity index (χ4v) is 4.60. The Bertz CT molecular complexity index is 1330. The van der Waals surface area contributed by atoms with Gasteiger partial charge in [0.05, 0.1) is 16.2 Å². The molecular weight excluding hydrogens is 503 g/mol. The van der Waals surface area contributed by atoms with Crippen LogP contribution in [0, 0.1) is 5.82 Å². The number of nitrogen functional groups attached to an aromatic ring is 1. The third-order valence-electron chi connectivity index (χ3n) is 6.46. The van der Waals surface area contributed by atoms with E-state index < -0.39 is 11.9 Å². The number of rotatable bonds is 7. The van der Waals surface area contributed by atoms with Gasteiger partial charge in [0.2, 0.25) is 0 Å². The first-order chi connectivity index (χ1) is 17.9. The van der Waals surface area contributed by atoms with Gasteiger partial charge >= 0.3 is 5.97 Å². The molecule has 1 amide bonds. The number of nitrogens with zero attached hydrogens (tertiary/aromatic N) is 4. The average Bonchev–Trinajstić information content (AvgIpc) is 3.33. The summed E-state index contributed by atoms with van der Waals surface area (Å²) in [5.74, 6) is 0.102. The zero-order valence-electron chi connectivity index (χ0n) is 20.0. The molecule has 12 heteroatoms. The maximum Gasteiger partial charge on any atom is 0.306 e. The normalized spacial score (nSPS) is 18.2. The van der Waals surface area contributed by atoms with E-state index in [4.69, 9.17) is 26.8 Å². The van der Waals surface area contributed by atoms with Crippen molar-refractivity contribution in [1.82, 2.24) is 19.8 Å². The molecule has 1 atom stereocenters. The van der Waals surface area contributed by atoms with Gasteiger partial charge in [-0.05, 0) is 24.3 Å². The third-order valence-corrected chi connectivity index (χ3v) is 6.75. The third kappa shape index (κ3) is 5.67. The van der Waals surface area contributed by atoms with E-state index in [1.165, 1.54) is 18.5 Å². The minimum Gasteiger partial charge on any atom is -0.490 e. The number of nitrogens with one attached hydrogen (secondary N) is 1. The van der Waals surface area contributed by atoms with E-state index in [-0.39, 0.29) is 16.9 Å². The maximum atomic E-state index is 13.5. The molecule has 194 valence electrons. The summed E-state index contributed by atoms with van der Waals surface area (Å²) in [5, 5.41) is 3.81. The largest absolute Gasteiger partial charge is 0.490 e. The van der Waals surface area contributed by atoms with Crippen LogP contribution in [0.25, 0.3) is 10.9 Å². The van der Waals surface area contributed by atoms with Crippen LogP contribution in [0.5, 0.6) is 5.75 Å². The summed E-state index contributed by atoms with van der Waals surface area (Å²) in [5.41, 5.74) is 7.91. The van der Waals surface area contributed by atoms with Crippen molar-refractivity contribution in [3.05, 3.63) is 47.5 Å². The molecule has 2 fully saturated rings. The van der Waals surface area contributed by atoms with Gasteiger partial charge in [-0.3, -0.25) is 14.5 Å². The minimum absolute atomic E-state index is 0.00546. The second kappa shape index (κ2) is 10.7. The molecule has 0 spiro atoms. The smallest absolute Gasteiger partial charge is 0.306 e. The number of carbonyl (C=O) groups is 2. The first-order valence-corrected chi connectivity index (χ1v) is 12.3. The summed E-state index contributed by atoms with van der Waals surface area (Å²) < 4.78 is 24.5. The van der Waals surface area contributed by atoms with Crippen LogP contribution in [0.4, 0.5) is 21.6 Å². The number of esters is 1. The first-order valence-electron chi connectivity index (χ1n) is 12.0. The number of aromatic nitrogens is 2. The molecule has 0 unspecified atom stereocenters. The number of nitrogens with two attached hydrogens (primary N) is 1. The zero-order valence-corrected chi connectivity index (χ0v) is 20.7. The second-order valence-corrected chi connectivity index (χ2v) is 9.32. The maximum absolute atomic E-state index is 13.5. The van der Waals surface area contributed by atoms with Crippen LogP contribution in [0.15, 0.2) is 36.7 Å². The lowest BCUT2D eigenvalue weighted by Gasteiger charge is -2.35. The molecule has 0 saturated carbocycles. The molecule has 37 heavy (non-hydrogen) atoms. The topological polar surface area (TPSA) is 123 Å². The number of cyclic esters (lactones) is 1. The van der Waals surface area contributed by atoms with Crippen molar-refractivity contribution in [2.24, 2.45) is 0 Å². The van der Waals surface area contributed by atoms with Gasteiger partial charge in [-0.1, -0.05) is 11.6 Å². The summed E-state index contributed by atoms with van der Waals surface area (Å²) >= 11 is 5.88. The van der Waals surface area contributed by atoms with Crippen molar-refractivity contribution >= 4 is 51.6 Å². The van der Waals surface area contributed by atoms with Crippen molar-refractivity contribution in [2.75, 3.05) is 50.4 Å². The second-order valence-electron chi connectivity index (χ2n) is 8.92. The summed E-state index contributed by atoms with van der Waals surface area (Å²) in [6, 6.07) is 7.81. The highest BCUT2D eigenvalue weighted by molar-refractivity contribution is 6.31. The van der Waals surface area contributed by atoms with Crippen LogP contribution in [-0.2, 0) is 14.3 Å². The van der Waals surface area contributed by atoms with E-state index in [0.717, 1.165) is 0 Å². The first kappa shape index (κ1) is 25.0. The standard InChI is InChI=1S/C25H26ClFN6O4/c26-17-11-15(1-2-18(17)27)31-24-16-12-19(28)22(13-20(16)29-14-30-24)36-10-9-32-5-7-33(8-6-32)25(35)21-3-4-23(34)37-21/h1-2,11-14,21H,3-10,28H2,(H,29,30,31)/t21-/m0/s1. The average molecular weight is 529 g/mol. The SMILES string of the molecule is Nc1cc2c(Nc3ccc(F)c(Cl)c3)ncnc2cc1OCCN1CCN(C(=O)[C@@H]2CCC(=O)O2)CC1. The molecule has 0 aliphatic carbocycles. The Hall–Kier alpha value is -3.70. The monoisotopic (exact) mass is 528 g/mol. The van der Waals surface area contributed by atoms with Crippen molar-refractivity contribution in [1.29, 1.82) is 0 Å². The van der Waals surface area contributed by atoms with E-state index in [0.29, 0.717) is 86.0 Å². The molecule has 2 aliphatic heterocycles. The molecular formula is C25H26ClFN6O4. The van der Waals surface area contributed by atoms with E-state index in [2.05, 4.69) is 20.2 Å². The Morgan fingerprint density at radius 1 is 1.22 bits per heavy atom. The summed E-state index contributed by atoms with van der Waals surface area (Å²) in [4.78, 5) is 36.4. The van der Waals surface area contributed by atoms with Crippen molar-refractivity contribution in [3.8, 4) is 5.75 Å². The lowest BCUT2D eigenvalue weighted by molar-refractivity contribution is -0.153. The highest BCUT2D eigenvalue weighted by Gasteiger charge is 2.34. The fourth-order valence-electron chi connectivity index (χ4n) is 4.42. The van der Waals surface area contributed by atoms with Crippen LogP contribution >= 0.6 is 11.6 Å². The van der Waals surface area contributed by atoms with E-state index >= 15 is 0 Å². The highest BCUT2D eigenvalue weighted by atomic mass is 35.5. The minimum atomic E-state index is -0.633. The Morgan fingerprint density at radius 3 is 2.76 bits per heavy atom. The summed E-state index contributed by atoms with van der Waals surface area (Å²) in [7, 11) is 0. The lowest BCUT2D eigenvalue weighted by atomic mass is 10.2. The van der Waals surface area contributed by atoms with E-state index in [1.807, 2.05) is 0 Å². The molecule has 2 saturated heterocycles. The number of anilines is 3. The van der Waals surface area contributed by atoms with Crippen LogP contribution in [0.1, 0.15) is 12.8 Å². The number of ether oxygens (including phenoxy) is 2. The Labute approximate surface area is 217 Å². The molecule has 0 radical (unpaired) electrons. The highest BCUT2D eigenvalue weighted by Crippen LogP contribution is 2.32. The molecule has 0 bridgehead atoms. The fraction of sp³-hybridized carbons (Fsp3) is 0.360. The molecule has 10 nitrogen and oxygen atoms in total. The number of amides is 1. The Kier molecular flexibility index (Phi) is 7.24. The van der Waals surface area contributed by atoms with Crippen LogP contribution in [0.3, 0.4) is 0 Å². The summed E-state index contributed by atoms with van der Waals surface area (Å²) in [6.07, 6.45) is 1.55. The predicted octanol–water partition coefficient (Wildman–Crippen LogP) is 2.98. The molecule has 1 aromatic heterocycles. The molecule has 2 aromatic carbocycles. The Balaban J connectivity index is 1.16. The van der Waals surface area contributed by atoms with Gasteiger partial charge in [0.25, 0.3) is 5.91 Å². The number of halogens is 2. The van der Waals surface area contributed by atoms with Gasteiger partial charge in [0.15, 0.2) is 6.10 Å². The number of piperazine rings is 1. The van der Waals surface area contributed by atoms with Crippen LogP contribution in [0.2, 0.25) is 5.02 Å². The van der Waals surface area contributed by atoms with E-state index in [9.17, 15) is 14.0 Å². The van der Waals surface area contributed by atoms with Gasteiger partial charge in [-0.25, -0.2) is 14.4 Å². The number of hydrogen-bond donors (Lipinski definition) is 2. The molecule has 2 aliphatic rings. The van der Waals surface area contributed by atoms with Crippen LogP contribution < -0.4 is 15.8 Å².